The number of hydrogen-bond donors (Lipinski definition) is 2. The molecule has 1 aromatic heterocycles. The average molecular weight is 475 g/mol. The number of carbonyl (C=O) groups is 1. The molecule has 0 saturated carbocycles. The molecule has 1 aliphatic carbocycles. The third-order valence-corrected chi connectivity index (χ3v) is 6.32. The van der Waals surface area contributed by atoms with Crippen molar-refractivity contribution >= 4 is 61.3 Å². The number of thiophene rings is 1. The smallest absolute Gasteiger partial charge is 0.341 e. The summed E-state index contributed by atoms with van der Waals surface area (Å²) in [7, 11) is 1.34. The van der Waals surface area contributed by atoms with E-state index in [-0.39, 0.29) is 15.3 Å². The number of carbonyl (C=O) groups excluding carboxylic acids is 1. The van der Waals surface area contributed by atoms with Gasteiger partial charge in [-0.15, -0.1) is 11.3 Å². The first kappa shape index (κ1) is 20.2. The normalized spacial score (nSPS) is 13.5. The van der Waals surface area contributed by atoms with E-state index in [4.69, 9.17) is 17.0 Å². The fourth-order valence-electron chi connectivity index (χ4n) is 3.06. The lowest BCUT2D eigenvalue weighted by Gasteiger charge is -2.13. The number of thiocarbonyl (C=S) groups is 1. The van der Waals surface area contributed by atoms with Crippen LogP contribution in [0.5, 0.6) is 0 Å². The van der Waals surface area contributed by atoms with Gasteiger partial charge in [-0.25, -0.2) is 13.6 Å². The number of methoxy groups -OCH3 is 1. The maximum absolute atomic E-state index is 14.0. The minimum absolute atomic E-state index is 0.0200. The molecule has 0 bridgehead atoms. The van der Waals surface area contributed by atoms with Gasteiger partial charge in [-0.3, -0.25) is 0 Å². The number of benzene rings is 1. The molecule has 3 rings (SSSR count). The molecule has 0 amide bonds. The molecule has 1 aromatic carbocycles. The molecule has 0 atom stereocenters. The Bertz CT molecular complexity index is 879. The monoisotopic (exact) mass is 474 g/mol. The van der Waals surface area contributed by atoms with Crippen LogP contribution in [0.3, 0.4) is 0 Å². The van der Waals surface area contributed by atoms with E-state index in [1.807, 2.05) is 0 Å². The van der Waals surface area contributed by atoms with E-state index in [9.17, 15) is 13.6 Å². The topological polar surface area (TPSA) is 50.4 Å². The van der Waals surface area contributed by atoms with Crippen LogP contribution in [-0.2, 0) is 17.6 Å². The number of hydrogen-bond acceptors (Lipinski definition) is 4. The van der Waals surface area contributed by atoms with Gasteiger partial charge in [0.15, 0.2) is 10.9 Å². The lowest BCUT2D eigenvalue weighted by atomic mass is 10.1. The number of halogens is 3. The molecule has 2 N–H and O–H groups in total. The minimum atomic E-state index is -0.777. The number of anilines is 2. The zero-order valence-electron chi connectivity index (χ0n) is 14.5. The maximum Gasteiger partial charge on any atom is 0.341 e. The molecule has 2 aromatic rings. The number of rotatable bonds is 3. The van der Waals surface area contributed by atoms with E-state index in [0.717, 1.165) is 54.7 Å². The molecule has 1 aliphatic rings. The molecule has 0 spiro atoms. The summed E-state index contributed by atoms with van der Waals surface area (Å²) in [5, 5.41) is 6.37. The Morgan fingerprint density at radius 1 is 1.22 bits per heavy atom. The Balaban J connectivity index is 1.87. The van der Waals surface area contributed by atoms with Crippen LogP contribution in [0.15, 0.2) is 16.6 Å². The van der Waals surface area contributed by atoms with Crippen LogP contribution in [0.4, 0.5) is 19.5 Å². The lowest BCUT2D eigenvalue weighted by molar-refractivity contribution is 0.0601. The summed E-state index contributed by atoms with van der Waals surface area (Å²) in [4.78, 5) is 13.5. The first-order valence-corrected chi connectivity index (χ1v) is 10.4. The van der Waals surface area contributed by atoms with Gasteiger partial charge in [0.25, 0.3) is 0 Å². The van der Waals surface area contributed by atoms with Crippen LogP contribution in [0, 0.1) is 11.6 Å². The molecule has 0 fully saturated rings. The van der Waals surface area contributed by atoms with Gasteiger partial charge in [0, 0.05) is 15.4 Å². The molecule has 9 heteroatoms. The van der Waals surface area contributed by atoms with E-state index < -0.39 is 17.6 Å². The molecule has 1 heterocycles. The van der Waals surface area contributed by atoms with Crippen molar-refractivity contribution in [2.24, 2.45) is 0 Å². The predicted molar refractivity (Wildman–Crippen MR) is 111 cm³/mol. The molecule has 0 unspecified atom stereocenters. The predicted octanol–water partition coefficient (Wildman–Crippen LogP) is 5.65. The highest BCUT2D eigenvalue weighted by Gasteiger charge is 2.26. The Labute approximate surface area is 173 Å². The molecule has 4 nitrogen and oxygen atoms in total. The van der Waals surface area contributed by atoms with E-state index in [0.29, 0.717) is 10.6 Å². The van der Waals surface area contributed by atoms with E-state index in [1.165, 1.54) is 18.4 Å². The lowest BCUT2D eigenvalue weighted by Crippen LogP contribution is -2.21. The maximum atomic E-state index is 14.0. The van der Waals surface area contributed by atoms with E-state index in [2.05, 4.69) is 26.6 Å². The zero-order valence-corrected chi connectivity index (χ0v) is 17.7. The summed E-state index contributed by atoms with van der Waals surface area (Å²) in [6.07, 6.45) is 4.94. The number of fused-ring (bicyclic) bond motifs is 1. The Morgan fingerprint density at radius 2 is 1.96 bits per heavy atom. The minimum Gasteiger partial charge on any atom is -0.465 e. The second kappa shape index (κ2) is 8.62. The third kappa shape index (κ3) is 4.47. The van der Waals surface area contributed by atoms with Gasteiger partial charge in [-0.05, 0) is 65.5 Å². The number of ether oxygens (including phenoxy) is 1. The number of esters is 1. The Kier molecular flexibility index (Phi) is 6.44. The van der Waals surface area contributed by atoms with E-state index >= 15 is 0 Å². The fraction of sp³-hybridized carbons (Fsp3) is 0.333. The van der Waals surface area contributed by atoms with Gasteiger partial charge in [0.2, 0.25) is 0 Å². The van der Waals surface area contributed by atoms with Crippen molar-refractivity contribution in [3.05, 3.63) is 44.2 Å². The van der Waals surface area contributed by atoms with Crippen molar-refractivity contribution in [3.8, 4) is 0 Å². The van der Waals surface area contributed by atoms with Gasteiger partial charge in [0.05, 0.1) is 18.4 Å². The largest absolute Gasteiger partial charge is 0.465 e. The molecular formula is C18H17BrF2N2O2S2. The van der Waals surface area contributed by atoms with Crippen LogP contribution in [-0.4, -0.2) is 18.2 Å². The zero-order chi connectivity index (χ0) is 19.6. The molecule has 27 heavy (non-hydrogen) atoms. The van der Waals surface area contributed by atoms with Crippen LogP contribution in [0.2, 0.25) is 0 Å². The second-order valence-electron chi connectivity index (χ2n) is 6.08. The Morgan fingerprint density at radius 3 is 2.67 bits per heavy atom. The van der Waals surface area contributed by atoms with Gasteiger partial charge < -0.3 is 15.4 Å². The average Bonchev–Trinajstić information content (AvgIpc) is 2.78. The van der Waals surface area contributed by atoms with Crippen LogP contribution < -0.4 is 10.6 Å². The molecular weight excluding hydrogens is 458 g/mol. The SMILES string of the molecule is COC(=O)c1c(NC(=S)Nc2c(F)cc(F)cc2Br)sc2c1CCCCC2. The van der Waals surface area contributed by atoms with Crippen molar-refractivity contribution in [1.82, 2.24) is 0 Å². The number of aryl methyl sites for hydroxylation is 1. The highest BCUT2D eigenvalue weighted by Crippen LogP contribution is 2.38. The summed E-state index contributed by atoms with van der Waals surface area (Å²) < 4.78 is 32.4. The van der Waals surface area contributed by atoms with Gasteiger partial charge in [0.1, 0.15) is 10.8 Å². The summed E-state index contributed by atoms with van der Waals surface area (Å²) in [5.41, 5.74) is 1.51. The van der Waals surface area contributed by atoms with Crippen LogP contribution >= 0.6 is 39.5 Å². The number of nitrogens with one attached hydrogen (secondary N) is 2. The van der Waals surface area contributed by atoms with Crippen molar-refractivity contribution < 1.29 is 18.3 Å². The quantitative estimate of drug-likeness (QED) is 0.341. The molecule has 0 aliphatic heterocycles. The first-order valence-electron chi connectivity index (χ1n) is 8.36. The standard InChI is InChI=1S/C18H17BrF2N2O2S2/c1-25-17(24)14-10-5-3-2-4-6-13(10)27-16(14)23-18(26)22-15-11(19)7-9(20)8-12(15)21/h7-8H,2-6H2,1H3,(H2,22,23,26). The van der Waals surface area contributed by atoms with Crippen molar-refractivity contribution in [2.45, 2.75) is 32.1 Å². The second-order valence-corrected chi connectivity index (χ2v) is 8.45. The first-order chi connectivity index (χ1) is 12.9. The summed E-state index contributed by atoms with van der Waals surface area (Å²) in [5.74, 6) is -1.89. The van der Waals surface area contributed by atoms with Crippen molar-refractivity contribution in [2.75, 3.05) is 17.7 Å². The fourth-order valence-corrected chi connectivity index (χ4v) is 5.12. The molecule has 144 valence electrons. The van der Waals surface area contributed by atoms with E-state index in [1.54, 1.807) is 0 Å². The van der Waals surface area contributed by atoms with Gasteiger partial charge in [-0.1, -0.05) is 6.42 Å². The van der Waals surface area contributed by atoms with Crippen molar-refractivity contribution in [1.29, 1.82) is 0 Å². The molecule has 0 radical (unpaired) electrons. The summed E-state index contributed by atoms with van der Waals surface area (Å²) in [6, 6.07) is 1.91. The summed E-state index contributed by atoms with van der Waals surface area (Å²) >= 11 is 9.85. The highest BCUT2D eigenvalue weighted by atomic mass is 79.9. The van der Waals surface area contributed by atoms with Crippen LogP contribution in [0.1, 0.15) is 40.1 Å². The molecule has 0 saturated heterocycles. The van der Waals surface area contributed by atoms with Gasteiger partial charge >= 0.3 is 5.97 Å². The van der Waals surface area contributed by atoms with Gasteiger partial charge in [-0.2, -0.15) is 0 Å². The third-order valence-electron chi connectivity index (χ3n) is 4.28. The summed E-state index contributed by atoms with van der Waals surface area (Å²) in [6.45, 7) is 0. The van der Waals surface area contributed by atoms with Crippen molar-refractivity contribution in [3.63, 3.8) is 0 Å². The Hall–Kier alpha value is -1.58. The highest BCUT2D eigenvalue weighted by molar-refractivity contribution is 9.10. The van der Waals surface area contributed by atoms with Crippen LogP contribution in [0.25, 0.3) is 0 Å².